The molecule has 0 aliphatic carbocycles. The molecule has 4 aromatic rings. The van der Waals surface area contributed by atoms with Gasteiger partial charge in [0.2, 0.25) is 0 Å². The Hall–Kier alpha value is -3.92. The third kappa shape index (κ3) is 8.05. The molecule has 0 aliphatic heterocycles. The lowest BCUT2D eigenvalue weighted by Gasteiger charge is -2.19. The van der Waals surface area contributed by atoms with Crippen LogP contribution in [0.1, 0.15) is 36.1 Å². The number of aryl methyl sites for hydroxylation is 4. The van der Waals surface area contributed by atoms with Crippen LogP contribution in [0.4, 0.5) is 0 Å². The van der Waals surface area contributed by atoms with E-state index in [1.807, 2.05) is 60.7 Å². The van der Waals surface area contributed by atoms with Crippen LogP contribution in [-0.4, -0.2) is 26.4 Å². The van der Waals surface area contributed by atoms with Crippen LogP contribution < -0.4 is 18.9 Å². The van der Waals surface area contributed by atoms with Gasteiger partial charge in [-0.3, -0.25) is 0 Å². The molecule has 0 aromatic heterocycles. The minimum Gasteiger partial charge on any atom is -0.493 e. The highest BCUT2D eigenvalue weighted by Gasteiger charge is 2.14. The summed E-state index contributed by atoms with van der Waals surface area (Å²) in [7, 11) is 0. The third-order valence-electron chi connectivity index (χ3n) is 6.83. The monoisotopic (exact) mass is 538 g/mol. The molecule has 4 heteroatoms. The Morgan fingerprint density at radius 3 is 1.07 bits per heavy atom. The number of ether oxygens (including phenoxy) is 4. The van der Waals surface area contributed by atoms with E-state index in [4.69, 9.17) is 18.9 Å². The van der Waals surface area contributed by atoms with Crippen molar-refractivity contribution in [3.05, 3.63) is 107 Å². The van der Waals surface area contributed by atoms with E-state index in [9.17, 15) is 0 Å². The molecule has 0 fully saturated rings. The van der Waals surface area contributed by atoms with E-state index in [0.29, 0.717) is 26.4 Å². The fourth-order valence-corrected chi connectivity index (χ4v) is 4.75. The van der Waals surface area contributed by atoms with Gasteiger partial charge in [0, 0.05) is 11.8 Å². The van der Waals surface area contributed by atoms with Crippen LogP contribution in [0.2, 0.25) is 0 Å². The van der Waals surface area contributed by atoms with Crippen molar-refractivity contribution in [3.63, 3.8) is 0 Å². The zero-order valence-electron chi connectivity index (χ0n) is 24.7. The third-order valence-corrected chi connectivity index (χ3v) is 6.83. The van der Waals surface area contributed by atoms with Gasteiger partial charge in [0.15, 0.2) is 0 Å². The minimum atomic E-state index is 0.268. The Balaban J connectivity index is 1.35. The summed E-state index contributed by atoms with van der Waals surface area (Å²) < 4.78 is 24.3. The second-order valence-corrected chi connectivity index (χ2v) is 11.0. The molecule has 0 heterocycles. The first-order valence-corrected chi connectivity index (χ1v) is 14.1. The Labute approximate surface area is 239 Å². The number of rotatable bonds is 13. The summed E-state index contributed by atoms with van der Waals surface area (Å²) in [5.74, 6) is 4.22. The van der Waals surface area contributed by atoms with Gasteiger partial charge in [-0.2, -0.15) is 0 Å². The molecule has 2 atom stereocenters. The Morgan fingerprint density at radius 2 is 0.750 bits per heavy atom. The molecular weight excluding hydrogens is 496 g/mol. The van der Waals surface area contributed by atoms with E-state index in [1.165, 1.54) is 11.1 Å². The summed E-state index contributed by atoms with van der Waals surface area (Å²) >= 11 is 0. The minimum absolute atomic E-state index is 0.268. The van der Waals surface area contributed by atoms with Gasteiger partial charge in [-0.1, -0.05) is 50.2 Å². The molecule has 0 amide bonds. The van der Waals surface area contributed by atoms with Crippen molar-refractivity contribution in [2.45, 2.75) is 41.5 Å². The van der Waals surface area contributed by atoms with Gasteiger partial charge in [-0.15, -0.1) is 0 Å². The van der Waals surface area contributed by atoms with Gasteiger partial charge in [0.1, 0.15) is 23.0 Å². The van der Waals surface area contributed by atoms with E-state index in [1.54, 1.807) is 0 Å². The first-order chi connectivity index (χ1) is 19.3. The van der Waals surface area contributed by atoms with Crippen LogP contribution in [-0.2, 0) is 0 Å². The van der Waals surface area contributed by atoms with E-state index in [2.05, 4.69) is 65.8 Å². The zero-order chi connectivity index (χ0) is 28.5. The molecule has 210 valence electrons. The SMILES string of the molecule is Cc1cc(-c2cc(C)c(OCC(C)COc3ccccc3)c(C)c2)cc(C)c1OCC(C)COc1ccccc1. The average molecular weight is 539 g/mol. The smallest absolute Gasteiger partial charge is 0.125 e. The fraction of sp³-hybridized carbons (Fsp3) is 0.333. The van der Waals surface area contributed by atoms with Crippen molar-refractivity contribution in [1.29, 1.82) is 0 Å². The lowest BCUT2D eigenvalue weighted by atomic mass is 9.96. The predicted molar refractivity (Wildman–Crippen MR) is 164 cm³/mol. The van der Waals surface area contributed by atoms with Gasteiger partial charge < -0.3 is 18.9 Å². The quantitative estimate of drug-likeness (QED) is 0.170. The summed E-state index contributed by atoms with van der Waals surface area (Å²) in [5.41, 5.74) is 6.90. The number of hydrogen-bond donors (Lipinski definition) is 0. The molecule has 4 rings (SSSR count). The first-order valence-electron chi connectivity index (χ1n) is 14.1. The Kier molecular flexibility index (Phi) is 10.1. The van der Waals surface area contributed by atoms with Crippen molar-refractivity contribution in [2.24, 2.45) is 11.8 Å². The molecule has 4 nitrogen and oxygen atoms in total. The molecular formula is C36H42O4. The van der Waals surface area contributed by atoms with Gasteiger partial charge in [0.05, 0.1) is 26.4 Å². The zero-order valence-corrected chi connectivity index (χ0v) is 24.7. The maximum absolute atomic E-state index is 6.27. The maximum atomic E-state index is 6.27. The molecule has 0 aliphatic rings. The van der Waals surface area contributed by atoms with E-state index < -0.39 is 0 Å². The summed E-state index contributed by atoms with van der Waals surface area (Å²) in [6.07, 6.45) is 0. The lowest BCUT2D eigenvalue weighted by Crippen LogP contribution is -2.17. The van der Waals surface area contributed by atoms with E-state index in [-0.39, 0.29) is 11.8 Å². The molecule has 0 saturated carbocycles. The Bertz CT molecular complexity index is 1210. The maximum Gasteiger partial charge on any atom is 0.125 e. The molecule has 0 spiro atoms. The fourth-order valence-electron chi connectivity index (χ4n) is 4.75. The molecule has 0 N–H and O–H groups in total. The van der Waals surface area contributed by atoms with Crippen molar-refractivity contribution >= 4 is 0 Å². The molecule has 4 aromatic carbocycles. The standard InChI is InChI=1S/C36H42O4/c1-25(21-37-33-13-9-7-10-14-33)23-39-35-27(3)17-31(18-28(35)4)32-19-29(5)36(30(6)20-32)40-24-26(2)22-38-34-15-11-8-12-16-34/h7-20,25-26H,21-24H2,1-6H3. The Morgan fingerprint density at radius 1 is 0.450 bits per heavy atom. The predicted octanol–water partition coefficient (Wildman–Crippen LogP) is 8.78. The highest BCUT2D eigenvalue weighted by molar-refractivity contribution is 5.70. The first kappa shape index (κ1) is 29.1. The van der Waals surface area contributed by atoms with Gasteiger partial charge in [-0.25, -0.2) is 0 Å². The summed E-state index contributed by atoms with van der Waals surface area (Å²) in [4.78, 5) is 0. The number of para-hydroxylation sites is 2. The van der Waals surface area contributed by atoms with Crippen LogP contribution in [0.5, 0.6) is 23.0 Å². The largest absolute Gasteiger partial charge is 0.493 e. The van der Waals surface area contributed by atoms with Crippen molar-refractivity contribution < 1.29 is 18.9 Å². The summed E-state index contributed by atoms with van der Waals surface area (Å²) in [5, 5.41) is 0. The molecule has 0 saturated heterocycles. The van der Waals surface area contributed by atoms with Gasteiger partial charge in [0.25, 0.3) is 0 Å². The van der Waals surface area contributed by atoms with Crippen LogP contribution in [0, 0.1) is 39.5 Å². The summed E-state index contributed by atoms with van der Waals surface area (Å²) in [6.45, 7) is 15.2. The molecule has 0 bridgehead atoms. The topological polar surface area (TPSA) is 36.9 Å². The second-order valence-electron chi connectivity index (χ2n) is 11.0. The van der Waals surface area contributed by atoms with E-state index >= 15 is 0 Å². The van der Waals surface area contributed by atoms with Gasteiger partial charge in [-0.05, 0) is 110 Å². The van der Waals surface area contributed by atoms with Crippen LogP contribution >= 0.6 is 0 Å². The molecule has 0 radical (unpaired) electrons. The van der Waals surface area contributed by atoms with Crippen molar-refractivity contribution in [1.82, 2.24) is 0 Å². The highest BCUT2D eigenvalue weighted by Crippen LogP contribution is 2.34. The van der Waals surface area contributed by atoms with Crippen molar-refractivity contribution in [2.75, 3.05) is 26.4 Å². The average Bonchev–Trinajstić information content (AvgIpc) is 2.95. The van der Waals surface area contributed by atoms with Crippen LogP contribution in [0.3, 0.4) is 0 Å². The summed E-state index contributed by atoms with van der Waals surface area (Å²) in [6, 6.07) is 28.7. The molecule has 40 heavy (non-hydrogen) atoms. The van der Waals surface area contributed by atoms with Crippen LogP contribution in [0.25, 0.3) is 11.1 Å². The lowest BCUT2D eigenvalue weighted by molar-refractivity contribution is 0.187. The normalized spacial score (nSPS) is 12.4. The van der Waals surface area contributed by atoms with Gasteiger partial charge >= 0.3 is 0 Å². The van der Waals surface area contributed by atoms with E-state index in [0.717, 1.165) is 45.3 Å². The number of benzene rings is 4. The van der Waals surface area contributed by atoms with Crippen molar-refractivity contribution in [3.8, 4) is 34.1 Å². The molecule has 2 unspecified atom stereocenters. The van der Waals surface area contributed by atoms with Crippen LogP contribution in [0.15, 0.2) is 84.9 Å². The highest BCUT2D eigenvalue weighted by atomic mass is 16.5. The second kappa shape index (κ2) is 13.9. The number of hydrogen-bond acceptors (Lipinski definition) is 4.